The summed E-state index contributed by atoms with van der Waals surface area (Å²) in [5.74, 6) is 0.293. The van der Waals surface area contributed by atoms with Crippen LogP contribution in [0, 0.1) is 6.92 Å². The number of benzene rings is 2. The van der Waals surface area contributed by atoms with E-state index >= 15 is 0 Å². The smallest absolute Gasteiger partial charge is 0.259 e. The van der Waals surface area contributed by atoms with Gasteiger partial charge >= 0.3 is 0 Å². The van der Waals surface area contributed by atoms with Crippen LogP contribution in [0.5, 0.6) is 0 Å². The Kier molecular flexibility index (Phi) is 5.33. The Morgan fingerprint density at radius 3 is 2.14 bits per heavy atom. The van der Waals surface area contributed by atoms with Crippen molar-refractivity contribution in [3.63, 3.8) is 0 Å². The molecule has 3 N–H and O–H groups in total. The van der Waals surface area contributed by atoms with Gasteiger partial charge in [0.25, 0.3) is 5.56 Å². The molecule has 0 aliphatic rings. The summed E-state index contributed by atoms with van der Waals surface area (Å²) in [6.07, 6.45) is 3.60. The van der Waals surface area contributed by atoms with Crippen LogP contribution in [0.4, 0.5) is 0 Å². The van der Waals surface area contributed by atoms with Crippen LogP contribution in [0.25, 0.3) is 5.95 Å². The van der Waals surface area contributed by atoms with Gasteiger partial charge in [0.05, 0.1) is 17.8 Å². The van der Waals surface area contributed by atoms with Crippen LogP contribution in [-0.4, -0.2) is 24.9 Å². The molecule has 0 saturated heterocycles. The average molecular weight is 387 g/mol. The third-order valence-electron chi connectivity index (χ3n) is 4.63. The van der Waals surface area contributed by atoms with Crippen LogP contribution in [-0.2, 0) is 0 Å². The van der Waals surface area contributed by atoms with Gasteiger partial charge in [0.1, 0.15) is 6.23 Å². The zero-order valence-corrected chi connectivity index (χ0v) is 15.9. The second-order valence-corrected chi connectivity index (χ2v) is 6.78. The highest BCUT2D eigenvalue weighted by atomic mass is 16.3. The summed E-state index contributed by atoms with van der Waals surface area (Å²) in [4.78, 5) is 19.5. The first-order valence-electron chi connectivity index (χ1n) is 9.26. The van der Waals surface area contributed by atoms with E-state index in [-0.39, 0.29) is 11.6 Å². The van der Waals surface area contributed by atoms with Crippen molar-refractivity contribution in [1.29, 1.82) is 0 Å². The molecule has 0 saturated carbocycles. The first-order chi connectivity index (χ1) is 14.1. The van der Waals surface area contributed by atoms with Crippen molar-refractivity contribution in [2.45, 2.75) is 19.2 Å². The molecule has 4 aromatic rings. The first-order valence-corrected chi connectivity index (χ1v) is 9.26. The number of aliphatic hydroxyl groups excluding tert-OH is 1. The molecule has 7 nitrogen and oxygen atoms in total. The van der Waals surface area contributed by atoms with Crippen LogP contribution < -0.4 is 10.9 Å². The first kappa shape index (κ1) is 18.8. The Bertz CT molecular complexity index is 1100. The maximum absolute atomic E-state index is 12.6. The minimum Gasteiger partial charge on any atom is -0.374 e. The number of H-pyrrole nitrogens is 1. The molecule has 7 heteroatoms. The van der Waals surface area contributed by atoms with E-state index < -0.39 is 11.8 Å². The Labute approximate surface area is 167 Å². The van der Waals surface area contributed by atoms with Gasteiger partial charge in [0.15, 0.2) is 0 Å². The number of hydrogen-bond donors (Lipinski definition) is 3. The van der Waals surface area contributed by atoms with Gasteiger partial charge in [-0.05, 0) is 23.6 Å². The highest BCUT2D eigenvalue weighted by Crippen LogP contribution is 2.24. The molecule has 0 amide bonds. The summed E-state index contributed by atoms with van der Waals surface area (Å²) >= 11 is 0. The Balaban J connectivity index is 1.62. The molecule has 2 aromatic heterocycles. The van der Waals surface area contributed by atoms with Crippen molar-refractivity contribution >= 4 is 0 Å². The van der Waals surface area contributed by atoms with Crippen molar-refractivity contribution in [3.05, 3.63) is 112 Å². The summed E-state index contributed by atoms with van der Waals surface area (Å²) in [6, 6.07) is 19.2. The topological polar surface area (TPSA) is 95.8 Å². The lowest BCUT2D eigenvalue weighted by Gasteiger charge is -2.23. The standard InChI is InChI=1S/C22H21N5O2/c1-15-12-24-27(14-15)22-23-13-18(21(29)26-22)20(28)25-19(16-8-4-2-5-9-16)17-10-6-3-7-11-17/h2-14,19-20,25,28H,1H3,(H,23,26,29). The third kappa shape index (κ3) is 4.16. The van der Waals surface area contributed by atoms with Crippen molar-refractivity contribution in [2.24, 2.45) is 0 Å². The largest absolute Gasteiger partial charge is 0.374 e. The van der Waals surface area contributed by atoms with E-state index in [1.54, 1.807) is 12.4 Å². The van der Waals surface area contributed by atoms with E-state index in [1.165, 1.54) is 10.9 Å². The molecule has 2 heterocycles. The molecule has 4 rings (SSSR count). The number of aromatic nitrogens is 4. The number of nitrogens with one attached hydrogen (secondary N) is 2. The SMILES string of the molecule is Cc1cnn(-c2ncc(C(O)NC(c3ccccc3)c3ccccc3)c(=O)[nH]2)c1. The molecule has 146 valence electrons. The number of aromatic amines is 1. The highest BCUT2D eigenvalue weighted by molar-refractivity contribution is 5.32. The zero-order valence-electron chi connectivity index (χ0n) is 15.9. The Hall–Kier alpha value is -3.55. The van der Waals surface area contributed by atoms with Crippen LogP contribution in [0.1, 0.15) is 34.5 Å². The number of aryl methyl sites for hydroxylation is 1. The maximum Gasteiger partial charge on any atom is 0.259 e. The predicted octanol–water partition coefficient (Wildman–Crippen LogP) is 2.63. The third-order valence-corrected chi connectivity index (χ3v) is 4.63. The van der Waals surface area contributed by atoms with E-state index in [0.29, 0.717) is 5.95 Å². The van der Waals surface area contributed by atoms with Crippen molar-refractivity contribution in [1.82, 2.24) is 25.1 Å². The maximum atomic E-state index is 12.6. The van der Waals surface area contributed by atoms with Gasteiger partial charge in [0.2, 0.25) is 5.95 Å². The molecule has 0 radical (unpaired) electrons. The molecule has 0 fully saturated rings. The van der Waals surface area contributed by atoms with Crippen LogP contribution in [0.3, 0.4) is 0 Å². The lowest BCUT2D eigenvalue weighted by molar-refractivity contribution is 0.127. The Morgan fingerprint density at radius 1 is 1.00 bits per heavy atom. The number of nitrogens with zero attached hydrogens (tertiary/aromatic N) is 3. The van der Waals surface area contributed by atoms with Crippen LogP contribution in [0.2, 0.25) is 0 Å². The van der Waals surface area contributed by atoms with Crippen molar-refractivity contribution < 1.29 is 5.11 Å². The lowest BCUT2D eigenvalue weighted by atomic mass is 9.98. The second-order valence-electron chi connectivity index (χ2n) is 6.78. The minimum absolute atomic E-state index is 0.134. The molecule has 2 aromatic carbocycles. The van der Waals surface area contributed by atoms with Crippen molar-refractivity contribution in [3.8, 4) is 5.95 Å². The fourth-order valence-electron chi connectivity index (χ4n) is 3.16. The van der Waals surface area contributed by atoms with Gasteiger partial charge in [-0.3, -0.25) is 15.1 Å². The monoisotopic (exact) mass is 387 g/mol. The second kappa shape index (κ2) is 8.22. The minimum atomic E-state index is -1.20. The van der Waals surface area contributed by atoms with E-state index in [0.717, 1.165) is 16.7 Å². The fraction of sp³-hybridized carbons (Fsp3) is 0.136. The highest BCUT2D eigenvalue weighted by Gasteiger charge is 2.21. The van der Waals surface area contributed by atoms with Gasteiger partial charge < -0.3 is 5.11 Å². The summed E-state index contributed by atoms with van der Waals surface area (Å²) in [5.41, 5.74) is 2.61. The Morgan fingerprint density at radius 2 is 1.62 bits per heavy atom. The van der Waals surface area contributed by atoms with Gasteiger partial charge in [0, 0.05) is 12.4 Å². The molecule has 29 heavy (non-hydrogen) atoms. The van der Waals surface area contributed by atoms with Gasteiger partial charge in [-0.1, -0.05) is 60.7 Å². The van der Waals surface area contributed by atoms with Crippen LogP contribution in [0.15, 0.2) is 84.0 Å². The molecule has 1 atom stereocenters. The lowest BCUT2D eigenvalue weighted by Crippen LogP contribution is -2.32. The van der Waals surface area contributed by atoms with E-state index in [9.17, 15) is 9.90 Å². The molecule has 0 spiro atoms. The van der Waals surface area contributed by atoms with E-state index in [1.807, 2.05) is 67.6 Å². The summed E-state index contributed by atoms with van der Waals surface area (Å²) in [7, 11) is 0. The molecule has 1 unspecified atom stereocenters. The van der Waals surface area contributed by atoms with Crippen molar-refractivity contribution in [2.75, 3.05) is 0 Å². The quantitative estimate of drug-likeness (QED) is 0.442. The summed E-state index contributed by atoms with van der Waals surface area (Å²) in [6.45, 7) is 1.90. The molecule has 0 aliphatic carbocycles. The van der Waals surface area contributed by atoms with Gasteiger partial charge in [-0.15, -0.1) is 0 Å². The molecular formula is C22H21N5O2. The number of rotatable bonds is 6. The van der Waals surface area contributed by atoms with E-state index in [2.05, 4.69) is 20.4 Å². The molecule has 0 bridgehead atoms. The van der Waals surface area contributed by atoms with E-state index in [4.69, 9.17) is 0 Å². The molecule has 0 aliphatic heterocycles. The van der Waals surface area contributed by atoms with Gasteiger partial charge in [-0.2, -0.15) is 5.10 Å². The average Bonchev–Trinajstić information content (AvgIpc) is 3.19. The predicted molar refractivity (Wildman–Crippen MR) is 110 cm³/mol. The van der Waals surface area contributed by atoms with Gasteiger partial charge in [-0.25, -0.2) is 9.67 Å². The zero-order chi connectivity index (χ0) is 20.2. The molecular weight excluding hydrogens is 366 g/mol. The summed E-state index contributed by atoms with van der Waals surface area (Å²) < 4.78 is 1.48. The van der Waals surface area contributed by atoms with Crippen LogP contribution >= 0.6 is 0 Å². The number of hydrogen-bond acceptors (Lipinski definition) is 5. The number of aliphatic hydroxyl groups is 1. The normalized spacial score (nSPS) is 12.2. The summed E-state index contributed by atoms with van der Waals surface area (Å²) in [5, 5.41) is 18.0. The fourth-order valence-corrected chi connectivity index (χ4v) is 3.16.